The average molecular weight is 277 g/mol. The molecule has 1 aliphatic carbocycles. The monoisotopic (exact) mass is 277 g/mol. The molecular weight excluding hydrogens is 250 g/mol. The minimum atomic E-state index is -0.156. The number of aliphatic hydroxyl groups is 1. The van der Waals surface area contributed by atoms with Gasteiger partial charge in [-0.1, -0.05) is 25.8 Å². The molecule has 0 radical (unpaired) electrons. The van der Waals surface area contributed by atoms with E-state index >= 15 is 0 Å². The fourth-order valence-electron chi connectivity index (χ4n) is 3.26. The molecule has 112 valence electrons. The van der Waals surface area contributed by atoms with Crippen molar-refractivity contribution in [3.63, 3.8) is 0 Å². The van der Waals surface area contributed by atoms with Crippen LogP contribution in [-0.4, -0.2) is 24.4 Å². The number of methoxy groups -OCH3 is 1. The van der Waals surface area contributed by atoms with Crippen LogP contribution in [0.15, 0.2) is 24.3 Å². The fourth-order valence-corrected chi connectivity index (χ4v) is 3.26. The minimum absolute atomic E-state index is 0.156. The Bertz CT molecular complexity index is 411. The summed E-state index contributed by atoms with van der Waals surface area (Å²) in [6.07, 6.45) is 7.11. The molecule has 1 saturated carbocycles. The van der Waals surface area contributed by atoms with Crippen molar-refractivity contribution in [2.45, 2.75) is 51.0 Å². The number of rotatable bonds is 6. The van der Waals surface area contributed by atoms with Crippen molar-refractivity contribution < 1.29 is 9.84 Å². The lowest BCUT2D eigenvalue weighted by Crippen LogP contribution is -2.45. The maximum Gasteiger partial charge on any atom is 0.120 e. The Morgan fingerprint density at radius 1 is 1.35 bits per heavy atom. The van der Waals surface area contributed by atoms with Gasteiger partial charge in [-0.05, 0) is 43.7 Å². The normalized spacial score (nSPS) is 26.2. The van der Waals surface area contributed by atoms with Gasteiger partial charge in [-0.25, -0.2) is 0 Å². The van der Waals surface area contributed by atoms with Gasteiger partial charge in [-0.15, -0.1) is 0 Å². The van der Waals surface area contributed by atoms with Gasteiger partial charge in [-0.3, -0.25) is 0 Å². The van der Waals surface area contributed by atoms with E-state index in [0.29, 0.717) is 0 Å². The van der Waals surface area contributed by atoms with Crippen molar-refractivity contribution in [1.82, 2.24) is 0 Å². The summed E-state index contributed by atoms with van der Waals surface area (Å²) in [6, 6.07) is 7.96. The Balaban J connectivity index is 2.01. The highest BCUT2D eigenvalue weighted by Crippen LogP contribution is 2.36. The standard InChI is InChI=1S/C17H27NO2/c1-3-5-14-8-10-17(13-19,11-9-14)18-15-6-4-7-16(12-15)20-2/h4,6-7,12,14,18-19H,3,5,8-11,13H2,1-2H3. The van der Waals surface area contributed by atoms with Crippen LogP contribution in [0.1, 0.15) is 45.4 Å². The number of nitrogens with one attached hydrogen (secondary N) is 1. The molecule has 1 aromatic carbocycles. The lowest BCUT2D eigenvalue weighted by Gasteiger charge is -2.40. The van der Waals surface area contributed by atoms with Crippen LogP contribution in [0.3, 0.4) is 0 Å². The lowest BCUT2D eigenvalue weighted by molar-refractivity contribution is 0.148. The van der Waals surface area contributed by atoms with E-state index in [0.717, 1.165) is 30.2 Å². The van der Waals surface area contributed by atoms with Crippen LogP contribution in [0.2, 0.25) is 0 Å². The topological polar surface area (TPSA) is 41.5 Å². The lowest BCUT2D eigenvalue weighted by atomic mass is 9.75. The van der Waals surface area contributed by atoms with Gasteiger partial charge in [0.1, 0.15) is 5.75 Å². The minimum Gasteiger partial charge on any atom is -0.497 e. The third-order valence-corrected chi connectivity index (χ3v) is 4.54. The summed E-state index contributed by atoms with van der Waals surface area (Å²) >= 11 is 0. The summed E-state index contributed by atoms with van der Waals surface area (Å²) in [5.74, 6) is 1.69. The van der Waals surface area contributed by atoms with E-state index in [1.807, 2.05) is 24.3 Å². The molecule has 0 amide bonds. The van der Waals surface area contributed by atoms with Gasteiger partial charge in [0.05, 0.1) is 19.3 Å². The van der Waals surface area contributed by atoms with E-state index in [1.165, 1.54) is 25.7 Å². The fraction of sp³-hybridized carbons (Fsp3) is 0.647. The van der Waals surface area contributed by atoms with E-state index in [9.17, 15) is 5.11 Å². The van der Waals surface area contributed by atoms with Gasteiger partial charge >= 0.3 is 0 Å². The third kappa shape index (κ3) is 3.66. The molecule has 2 rings (SSSR count). The Kier molecular flexibility index (Phi) is 5.30. The molecule has 0 bridgehead atoms. The predicted octanol–water partition coefficient (Wildman–Crippen LogP) is 3.83. The molecule has 3 heteroatoms. The van der Waals surface area contributed by atoms with E-state index in [-0.39, 0.29) is 12.1 Å². The van der Waals surface area contributed by atoms with Gasteiger partial charge in [0.25, 0.3) is 0 Å². The highest BCUT2D eigenvalue weighted by Gasteiger charge is 2.34. The molecule has 1 fully saturated rings. The summed E-state index contributed by atoms with van der Waals surface area (Å²) in [7, 11) is 1.68. The molecule has 20 heavy (non-hydrogen) atoms. The predicted molar refractivity (Wildman–Crippen MR) is 83.3 cm³/mol. The van der Waals surface area contributed by atoms with Crippen LogP contribution in [0.4, 0.5) is 5.69 Å². The maximum absolute atomic E-state index is 9.85. The van der Waals surface area contributed by atoms with Crippen LogP contribution in [0, 0.1) is 5.92 Å². The molecule has 2 N–H and O–H groups in total. The van der Waals surface area contributed by atoms with Crippen LogP contribution in [-0.2, 0) is 0 Å². The summed E-state index contributed by atoms with van der Waals surface area (Å²) in [4.78, 5) is 0. The second-order valence-electron chi connectivity index (χ2n) is 6.03. The van der Waals surface area contributed by atoms with E-state index < -0.39 is 0 Å². The van der Waals surface area contributed by atoms with Crippen LogP contribution >= 0.6 is 0 Å². The first-order valence-electron chi connectivity index (χ1n) is 7.74. The molecule has 0 saturated heterocycles. The average Bonchev–Trinajstić information content (AvgIpc) is 2.50. The van der Waals surface area contributed by atoms with Crippen molar-refractivity contribution in [2.24, 2.45) is 5.92 Å². The Morgan fingerprint density at radius 3 is 2.70 bits per heavy atom. The van der Waals surface area contributed by atoms with Gasteiger partial charge in [0, 0.05) is 11.8 Å². The second-order valence-corrected chi connectivity index (χ2v) is 6.03. The largest absolute Gasteiger partial charge is 0.497 e. The first-order valence-corrected chi connectivity index (χ1v) is 7.74. The SMILES string of the molecule is CCCC1CCC(CO)(Nc2cccc(OC)c2)CC1. The third-order valence-electron chi connectivity index (χ3n) is 4.54. The number of benzene rings is 1. The molecule has 0 unspecified atom stereocenters. The molecule has 1 aliphatic rings. The zero-order chi connectivity index (χ0) is 14.4. The van der Waals surface area contributed by atoms with Crippen molar-refractivity contribution in [1.29, 1.82) is 0 Å². The van der Waals surface area contributed by atoms with Crippen molar-refractivity contribution >= 4 is 5.69 Å². The quantitative estimate of drug-likeness (QED) is 0.830. The summed E-state index contributed by atoms with van der Waals surface area (Å²) in [5, 5.41) is 13.4. The van der Waals surface area contributed by atoms with Crippen molar-refractivity contribution in [3.8, 4) is 5.75 Å². The Hall–Kier alpha value is -1.22. The number of hydrogen-bond acceptors (Lipinski definition) is 3. The summed E-state index contributed by atoms with van der Waals surface area (Å²) in [6.45, 7) is 2.45. The van der Waals surface area contributed by atoms with Gasteiger partial charge in [-0.2, -0.15) is 0 Å². The molecule has 0 aliphatic heterocycles. The Morgan fingerprint density at radius 2 is 2.10 bits per heavy atom. The molecule has 0 atom stereocenters. The molecule has 1 aromatic rings. The van der Waals surface area contributed by atoms with Crippen LogP contribution in [0.25, 0.3) is 0 Å². The van der Waals surface area contributed by atoms with Gasteiger partial charge in [0.15, 0.2) is 0 Å². The summed E-state index contributed by atoms with van der Waals surface area (Å²) < 4.78 is 5.26. The van der Waals surface area contributed by atoms with Crippen molar-refractivity contribution in [2.75, 3.05) is 19.0 Å². The van der Waals surface area contributed by atoms with E-state index in [4.69, 9.17) is 4.74 Å². The smallest absolute Gasteiger partial charge is 0.120 e. The zero-order valence-corrected chi connectivity index (χ0v) is 12.7. The first kappa shape index (κ1) is 15.2. The van der Waals surface area contributed by atoms with E-state index in [2.05, 4.69) is 12.2 Å². The zero-order valence-electron chi connectivity index (χ0n) is 12.7. The maximum atomic E-state index is 9.85. The molecule has 0 aromatic heterocycles. The van der Waals surface area contributed by atoms with Crippen LogP contribution < -0.4 is 10.1 Å². The highest BCUT2D eigenvalue weighted by molar-refractivity contribution is 5.50. The molecule has 3 nitrogen and oxygen atoms in total. The van der Waals surface area contributed by atoms with Crippen LogP contribution in [0.5, 0.6) is 5.75 Å². The highest BCUT2D eigenvalue weighted by atomic mass is 16.5. The number of aliphatic hydroxyl groups excluding tert-OH is 1. The first-order chi connectivity index (χ1) is 9.71. The second kappa shape index (κ2) is 6.98. The van der Waals surface area contributed by atoms with Crippen molar-refractivity contribution in [3.05, 3.63) is 24.3 Å². The number of hydrogen-bond donors (Lipinski definition) is 2. The summed E-state index contributed by atoms with van der Waals surface area (Å²) in [5.41, 5.74) is 0.878. The molecule has 0 spiro atoms. The Labute approximate surface area is 122 Å². The molecular formula is C17H27NO2. The van der Waals surface area contributed by atoms with Gasteiger partial charge < -0.3 is 15.2 Å². The van der Waals surface area contributed by atoms with Gasteiger partial charge in [0.2, 0.25) is 0 Å². The number of ether oxygens (including phenoxy) is 1. The number of anilines is 1. The van der Waals surface area contributed by atoms with E-state index in [1.54, 1.807) is 7.11 Å². The molecule has 0 heterocycles.